The molecule has 1 saturated heterocycles. The Morgan fingerprint density at radius 1 is 1.22 bits per heavy atom. The van der Waals surface area contributed by atoms with Crippen molar-refractivity contribution in [1.29, 1.82) is 0 Å². The molecular weight excluding hydrogens is 290 g/mol. The summed E-state index contributed by atoms with van der Waals surface area (Å²) in [6.45, 7) is 3.62. The van der Waals surface area contributed by atoms with Crippen LogP contribution < -0.4 is 10.1 Å². The second kappa shape index (κ2) is 7.82. The summed E-state index contributed by atoms with van der Waals surface area (Å²) in [5, 5.41) is 3.17. The lowest BCUT2D eigenvalue weighted by Crippen LogP contribution is -2.37. The number of benzene rings is 1. The van der Waals surface area contributed by atoms with E-state index in [1.165, 1.54) is 12.8 Å². The van der Waals surface area contributed by atoms with Gasteiger partial charge in [-0.3, -0.25) is 4.79 Å². The standard InChI is InChI=1S/C19H27NO3/c1-14-8-10-15(11-9-14)20-19(21)17-6-2-3-7-18(17)23-13-16-5-4-12-22-16/h2-3,6-7,14-16H,4-5,8-13H2,1H3,(H,20,21). The van der Waals surface area contributed by atoms with Crippen LogP contribution in [0.1, 0.15) is 55.8 Å². The van der Waals surface area contributed by atoms with E-state index >= 15 is 0 Å². The summed E-state index contributed by atoms with van der Waals surface area (Å²) in [5.41, 5.74) is 0.629. The molecule has 2 fully saturated rings. The lowest BCUT2D eigenvalue weighted by Gasteiger charge is -2.27. The van der Waals surface area contributed by atoms with E-state index in [4.69, 9.17) is 9.47 Å². The van der Waals surface area contributed by atoms with Crippen LogP contribution in [-0.2, 0) is 4.74 Å². The number of nitrogens with one attached hydrogen (secondary N) is 1. The topological polar surface area (TPSA) is 47.6 Å². The molecule has 3 rings (SSSR count). The molecule has 0 radical (unpaired) electrons. The van der Waals surface area contributed by atoms with Gasteiger partial charge in [-0.05, 0) is 56.6 Å². The summed E-state index contributed by atoms with van der Waals surface area (Å²) in [7, 11) is 0. The van der Waals surface area contributed by atoms with E-state index < -0.39 is 0 Å². The van der Waals surface area contributed by atoms with Gasteiger partial charge >= 0.3 is 0 Å². The van der Waals surface area contributed by atoms with Gasteiger partial charge in [0.1, 0.15) is 12.4 Å². The molecule has 1 unspecified atom stereocenters. The van der Waals surface area contributed by atoms with Crippen LogP contribution >= 0.6 is 0 Å². The van der Waals surface area contributed by atoms with E-state index in [-0.39, 0.29) is 12.0 Å². The predicted octanol–water partition coefficient (Wildman–Crippen LogP) is 3.55. The van der Waals surface area contributed by atoms with Gasteiger partial charge < -0.3 is 14.8 Å². The van der Waals surface area contributed by atoms with E-state index in [1.807, 2.05) is 24.3 Å². The molecule has 1 aromatic carbocycles. The number of hydrogen-bond donors (Lipinski definition) is 1. The number of hydrogen-bond acceptors (Lipinski definition) is 3. The fraction of sp³-hybridized carbons (Fsp3) is 0.632. The fourth-order valence-electron chi connectivity index (χ4n) is 3.41. The average molecular weight is 317 g/mol. The molecule has 1 atom stereocenters. The third-order valence-corrected chi connectivity index (χ3v) is 4.93. The van der Waals surface area contributed by atoms with Gasteiger partial charge in [-0.2, -0.15) is 0 Å². The first-order valence-corrected chi connectivity index (χ1v) is 8.86. The van der Waals surface area contributed by atoms with Crippen LogP contribution in [0.3, 0.4) is 0 Å². The third kappa shape index (κ3) is 4.47. The second-order valence-electron chi connectivity index (χ2n) is 6.87. The van der Waals surface area contributed by atoms with Crippen molar-refractivity contribution in [3.8, 4) is 5.75 Å². The van der Waals surface area contributed by atoms with E-state index in [1.54, 1.807) is 0 Å². The Morgan fingerprint density at radius 3 is 2.74 bits per heavy atom. The molecule has 1 aliphatic carbocycles. The van der Waals surface area contributed by atoms with Crippen molar-refractivity contribution in [2.45, 2.75) is 57.6 Å². The lowest BCUT2D eigenvalue weighted by atomic mass is 9.87. The Kier molecular flexibility index (Phi) is 5.55. The Labute approximate surface area is 138 Å². The first-order valence-electron chi connectivity index (χ1n) is 8.86. The molecule has 0 spiro atoms. The zero-order valence-electron chi connectivity index (χ0n) is 13.9. The number of carbonyl (C=O) groups excluding carboxylic acids is 1. The van der Waals surface area contributed by atoms with Gasteiger partial charge in [0, 0.05) is 12.6 Å². The molecule has 1 aliphatic heterocycles. The molecule has 4 heteroatoms. The maximum Gasteiger partial charge on any atom is 0.255 e. The van der Waals surface area contributed by atoms with Gasteiger partial charge in [0.2, 0.25) is 0 Å². The maximum atomic E-state index is 12.6. The largest absolute Gasteiger partial charge is 0.490 e. The Morgan fingerprint density at radius 2 is 2.00 bits per heavy atom. The Hall–Kier alpha value is -1.55. The van der Waals surface area contributed by atoms with Crippen molar-refractivity contribution < 1.29 is 14.3 Å². The monoisotopic (exact) mass is 317 g/mol. The Balaban J connectivity index is 1.58. The van der Waals surface area contributed by atoms with Crippen molar-refractivity contribution in [1.82, 2.24) is 5.32 Å². The number of ether oxygens (including phenoxy) is 2. The van der Waals surface area contributed by atoms with Crippen molar-refractivity contribution in [3.63, 3.8) is 0 Å². The summed E-state index contributed by atoms with van der Waals surface area (Å²) in [6, 6.07) is 7.80. The van der Waals surface area contributed by atoms with Gasteiger partial charge in [-0.1, -0.05) is 19.1 Å². The molecule has 1 saturated carbocycles. The molecule has 1 aromatic rings. The van der Waals surface area contributed by atoms with E-state index in [0.717, 1.165) is 38.2 Å². The van der Waals surface area contributed by atoms with Crippen LogP contribution in [0.5, 0.6) is 5.75 Å². The number of rotatable bonds is 5. The summed E-state index contributed by atoms with van der Waals surface area (Å²) < 4.78 is 11.4. The number of carbonyl (C=O) groups is 1. The maximum absolute atomic E-state index is 12.6. The number of para-hydroxylation sites is 1. The number of amides is 1. The van der Waals surface area contributed by atoms with E-state index in [9.17, 15) is 4.79 Å². The molecule has 126 valence electrons. The molecule has 1 amide bonds. The molecule has 23 heavy (non-hydrogen) atoms. The summed E-state index contributed by atoms with van der Waals surface area (Å²) in [5.74, 6) is 1.42. The van der Waals surface area contributed by atoms with Gasteiger partial charge in [-0.25, -0.2) is 0 Å². The summed E-state index contributed by atoms with van der Waals surface area (Å²) in [4.78, 5) is 12.6. The van der Waals surface area contributed by atoms with E-state index in [0.29, 0.717) is 24.0 Å². The first kappa shape index (κ1) is 16.3. The third-order valence-electron chi connectivity index (χ3n) is 4.93. The lowest BCUT2D eigenvalue weighted by molar-refractivity contribution is 0.0669. The second-order valence-corrected chi connectivity index (χ2v) is 6.87. The molecule has 1 N–H and O–H groups in total. The van der Waals surface area contributed by atoms with Crippen LogP contribution in [0.15, 0.2) is 24.3 Å². The first-order chi connectivity index (χ1) is 11.2. The molecule has 0 bridgehead atoms. The molecular formula is C19H27NO3. The normalized spacial score (nSPS) is 27.6. The van der Waals surface area contributed by atoms with Crippen molar-refractivity contribution in [2.24, 2.45) is 5.92 Å². The van der Waals surface area contributed by atoms with Crippen LogP contribution in [-0.4, -0.2) is 31.3 Å². The van der Waals surface area contributed by atoms with Crippen LogP contribution in [0, 0.1) is 5.92 Å². The van der Waals surface area contributed by atoms with E-state index in [2.05, 4.69) is 12.2 Å². The molecule has 1 heterocycles. The molecule has 0 aromatic heterocycles. The minimum Gasteiger partial charge on any atom is -0.490 e. The van der Waals surface area contributed by atoms with Gasteiger partial charge in [-0.15, -0.1) is 0 Å². The minimum atomic E-state index is -0.0208. The van der Waals surface area contributed by atoms with Gasteiger partial charge in [0.25, 0.3) is 5.91 Å². The smallest absolute Gasteiger partial charge is 0.255 e. The van der Waals surface area contributed by atoms with Crippen molar-refractivity contribution in [2.75, 3.05) is 13.2 Å². The van der Waals surface area contributed by atoms with Gasteiger partial charge in [0.15, 0.2) is 0 Å². The minimum absolute atomic E-state index is 0.0208. The highest BCUT2D eigenvalue weighted by atomic mass is 16.5. The van der Waals surface area contributed by atoms with Crippen molar-refractivity contribution in [3.05, 3.63) is 29.8 Å². The highest BCUT2D eigenvalue weighted by Crippen LogP contribution is 2.25. The molecule has 2 aliphatic rings. The van der Waals surface area contributed by atoms with Crippen LogP contribution in [0.25, 0.3) is 0 Å². The zero-order chi connectivity index (χ0) is 16.1. The zero-order valence-corrected chi connectivity index (χ0v) is 13.9. The summed E-state index contributed by atoms with van der Waals surface area (Å²) >= 11 is 0. The SMILES string of the molecule is CC1CCC(NC(=O)c2ccccc2OCC2CCCO2)CC1. The highest BCUT2D eigenvalue weighted by molar-refractivity contribution is 5.97. The fourth-order valence-corrected chi connectivity index (χ4v) is 3.41. The van der Waals surface area contributed by atoms with Gasteiger partial charge in [0.05, 0.1) is 11.7 Å². The quantitative estimate of drug-likeness (QED) is 0.903. The van der Waals surface area contributed by atoms with Crippen LogP contribution in [0.4, 0.5) is 0 Å². The summed E-state index contributed by atoms with van der Waals surface area (Å²) in [6.07, 6.45) is 6.83. The molecule has 4 nitrogen and oxygen atoms in total. The average Bonchev–Trinajstić information content (AvgIpc) is 3.09. The highest BCUT2D eigenvalue weighted by Gasteiger charge is 2.22. The predicted molar refractivity (Wildman–Crippen MR) is 89.8 cm³/mol. The van der Waals surface area contributed by atoms with Crippen molar-refractivity contribution >= 4 is 5.91 Å². The van der Waals surface area contributed by atoms with Crippen LogP contribution in [0.2, 0.25) is 0 Å². The Bertz CT molecular complexity index is 517.